The van der Waals surface area contributed by atoms with Gasteiger partial charge in [0.05, 0.1) is 0 Å². The molecule has 0 fully saturated rings. The molecule has 84 valence electrons. The molecule has 0 unspecified atom stereocenters. The van der Waals surface area contributed by atoms with Gasteiger partial charge >= 0.3 is 106 Å². The summed E-state index contributed by atoms with van der Waals surface area (Å²) in [5.74, 6) is 0. The molecule has 16 heavy (non-hydrogen) atoms. The van der Waals surface area contributed by atoms with Crippen molar-refractivity contribution in [3.8, 4) is 0 Å². The van der Waals surface area contributed by atoms with Gasteiger partial charge in [-0.1, -0.05) is 0 Å². The van der Waals surface area contributed by atoms with Crippen LogP contribution in [0.15, 0.2) is 24.5 Å². The Bertz CT molecular complexity index is 528. The van der Waals surface area contributed by atoms with E-state index in [0.29, 0.717) is 0 Å². The van der Waals surface area contributed by atoms with Gasteiger partial charge in [0, 0.05) is 0 Å². The van der Waals surface area contributed by atoms with E-state index in [1.54, 1.807) is 0 Å². The van der Waals surface area contributed by atoms with Gasteiger partial charge < -0.3 is 0 Å². The van der Waals surface area contributed by atoms with Crippen LogP contribution in [0.5, 0.6) is 0 Å². The van der Waals surface area contributed by atoms with Crippen LogP contribution < -0.4 is 4.57 Å². The van der Waals surface area contributed by atoms with Crippen LogP contribution in [0.3, 0.4) is 0 Å². The van der Waals surface area contributed by atoms with Gasteiger partial charge in [0.25, 0.3) is 0 Å². The van der Waals surface area contributed by atoms with Gasteiger partial charge in [-0.15, -0.1) is 0 Å². The van der Waals surface area contributed by atoms with Gasteiger partial charge in [0.1, 0.15) is 0 Å². The second kappa shape index (κ2) is 5.03. The average molecular weight is 330 g/mol. The van der Waals surface area contributed by atoms with Crippen LogP contribution >= 0.6 is 0 Å². The number of nitrogens with zero attached hydrogens (tertiary/aromatic N) is 1. The van der Waals surface area contributed by atoms with Crippen LogP contribution in [-0.2, 0) is 11.8 Å². The van der Waals surface area contributed by atoms with Crippen molar-refractivity contribution in [1.82, 2.24) is 0 Å². The zero-order valence-electron chi connectivity index (χ0n) is 9.86. The third-order valence-electron chi connectivity index (χ3n) is 2.49. The number of ether oxygens (including phenoxy) is 1. The Morgan fingerprint density at radius 1 is 1.44 bits per heavy atom. The Balaban J connectivity index is 2.44. The number of aryl methyl sites for hydroxylation is 2. The SMILES string of the molecule is CCOC=Cc1[te]c2ccc(C)cc2[n+]1C. The summed E-state index contributed by atoms with van der Waals surface area (Å²) in [4.78, 5) is 0. The summed E-state index contributed by atoms with van der Waals surface area (Å²) in [5.41, 5.74) is 2.70. The van der Waals surface area contributed by atoms with Crippen LogP contribution in [0, 0.1) is 6.92 Å². The van der Waals surface area contributed by atoms with Crippen molar-refractivity contribution in [3.05, 3.63) is 33.7 Å². The number of hydrogen-bond acceptors (Lipinski definition) is 1. The first-order valence-electron chi connectivity index (χ1n) is 5.39. The Morgan fingerprint density at radius 2 is 2.25 bits per heavy atom. The van der Waals surface area contributed by atoms with Crippen LogP contribution in [0.4, 0.5) is 0 Å². The number of fused-ring (bicyclic) bond motifs is 1. The average Bonchev–Trinajstić information content (AvgIpc) is 2.57. The van der Waals surface area contributed by atoms with Crippen molar-refractivity contribution in [2.24, 2.45) is 7.05 Å². The number of hydrogen-bond donors (Lipinski definition) is 0. The molecule has 1 aromatic carbocycles. The van der Waals surface area contributed by atoms with Crippen LogP contribution in [0.1, 0.15) is 16.2 Å². The van der Waals surface area contributed by atoms with Crippen molar-refractivity contribution < 1.29 is 9.30 Å². The summed E-state index contributed by atoms with van der Waals surface area (Å²) >= 11 is -0.226. The molecule has 1 heterocycles. The molecule has 0 aliphatic carbocycles. The molecule has 3 heteroatoms. The molecule has 0 aliphatic heterocycles. The molecule has 2 rings (SSSR count). The quantitative estimate of drug-likeness (QED) is 0.477. The fraction of sp³-hybridized carbons (Fsp3) is 0.308. The van der Waals surface area contributed by atoms with E-state index in [4.69, 9.17) is 4.74 Å². The van der Waals surface area contributed by atoms with Crippen molar-refractivity contribution in [2.45, 2.75) is 13.8 Å². The number of benzene rings is 1. The first kappa shape index (κ1) is 11.7. The molecule has 0 radical (unpaired) electrons. The third-order valence-corrected chi connectivity index (χ3v) is 5.87. The molecule has 0 spiro atoms. The molecule has 0 saturated carbocycles. The van der Waals surface area contributed by atoms with Crippen LogP contribution in [-0.4, -0.2) is 27.0 Å². The maximum absolute atomic E-state index is 5.26. The topological polar surface area (TPSA) is 13.1 Å². The van der Waals surface area contributed by atoms with Crippen LogP contribution in [0.25, 0.3) is 15.0 Å². The molecule has 2 aromatic rings. The van der Waals surface area contributed by atoms with E-state index >= 15 is 0 Å². The van der Waals surface area contributed by atoms with Gasteiger partial charge in [0.15, 0.2) is 0 Å². The Labute approximate surface area is 106 Å². The fourth-order valence-electron chi connectivity index (χ4n) is 1.62. The van der Waals surface area contributed by atoms with Gasteiger partial charge in [0.2, 0.25) is 0 Å². The summed E-state index contributed by atoms with van der Waals surface area (Å²) < 4.78 is 10.5. The Hall–Kier alpha value is -0.780. The van der Waals surface area contributed by atoms with Gasteiger partial charge in [-0.2, -0.15) is 0 Å². The molecular weight excluding hydrogens is 314 g/mol. The predicted molar refractivity (Wildman–Crippen MR) is 67.5 cm³/mol. The van der Waals surface area contributed by atoms with E-state index in [1.807, 2.05) is 13.2 Å². The molecule has 0 atom stereocenters. The minimum atomic E-state index is -0.226. The summed E-state index contributed by atoms with van der Waals surface area (Å²) in [6.45, 7) is 4.88. The third kappa shape index (κ3) is 2.31. The second-order valence-corrected chi connectivity index (χ2v) is 6.76. The first-order valence-corrected chi connectivity index (χ1v) is 7.72. The summed E-state index contributed by atoms with van der Waals surface area (Å²) in [5, 5.41) is 0. The molecular formula is C13H16NOTe+. The molecule has 0 saturated heterocycles. The van der Waals surface area contributed by atoms with Crippen molar-refractivity contribution in [3.63, 3.8) is 0 Å². The number of aromatic nitrogens is 1. The van der Waals surface area contributed by atoms with E-state index in [0.717, 1.165) is 6.61 Å². The van der Waals surface area contributed by atoms with Crippen molar-refractivity contribution in [1.29, 1.82) is 0 Å². The molecule has 1 aromatic heterocycles. The van der Waals surface area contributed by atoms with Gasteiger partial charge in [-0.25, -0.2) is 0 Å². The fourth-order valence-corrected chi connectivity index (χ4v) is 4.54. The molecule has 0 aliphatic rings. The van der Waals surface area contributed by atoms with E-state index < -0.39 is 0 Å². The predicted octanol–water partition coefficient (Wildman–Crippen LogP) is 2.04. The van der Waals surface area contributed by atoms with Crippen LogP contribution in [0.2, 0.25) is 0 Å². The van der Waals surface area contributed by atoms with E-state index in [1.165, 1.54) is 18.2 Å². The van der Waals surface area contributed by atoms with E-state index in [2.05, 4.69) is 42.8 Å². The first-order chi connectivity index (χ1) is 7.72. The molecule has 2 nitrogen and oxygen atoms in total. The molecule has 0 N–H and O–H groups in total. The summed E-state index contributed by atoms with van der Waals surface area (Å²) in [6.07, 6.45) is 3.93. The second-order valence-electron chi connectivity index (χ2n) is 3.73. The van der Waals surface area contributed by atoms with Crippen molar-refractivity contribution >= 4 is 35.4 Å². The summed E-state index contributed by atoms with van der Waals surface area (Å²) in [7, 11) is 2.14. The number of rotatable bonds is 3. The van der Waals surface area contributed by atoms with Crippen molar-refractivity contribution in [2.75, 3.05) is 6.61 Å². The minimum absolute atomic E-state index is 0.226. The Morgan fingerprint density at radius 3 is 3.00 bits per heavy atom. The maximum atomic E-state index is 5.26. The van der Waals surface area contributed by atoms with E-state index in [9.17, 15) is 0 Å². The Kier molecular flexibility index (Phi) is 3.68. The molecule has 0 bridgehead atoms. The molecule has 0 amide bonds. The summed E-state index contributed by atoms with van der Waals surface area (Å²) in [6, 6.07) is 6.74. The zero-order valence-corrected chi connectivity index (χ0v) is 12.2. The monoisotopic (exact) mass is 332 g/mol. The van der Waals surface area contributed by atoms with Gasteiger partial charge in [-0.05, 0) is 0 Å². The standard InChI is InChI=1S/C13H16NOTe/c1-4-15-8-7-13-14(3)11-9-10(2)5-6-12(11)16-13/h5-9H,4H2,1-3H3/q+1. The van der Waals surface area contributed by atoms with E-state index in [-0.39, 0.29) is 20.4 Å². The zero-order chi connectivity index (χ0) is 11.5. The van der Waals surface area contributed by atoms with Gasteiger partial charge in [-0.3, -0.25) is 0 Å². The normalized spacial score (nSPS) is 11.4.